The van der Waals surface area contributed by atoms with Crippen molar-refractivity contribution in [2.75, 3.05) is 13.2 Å². The van der Waals surface area contributed by atoms with E-state index in [1.54, 1.807) is 0 Å². The number of nitrogens with one attached hydrogen (secondary N) is 1. The Morgan fingerprint density at radius 3 is 2.68 bits per heavy atom. The third kappa shape index (κ3) is 5.50. The maximum atomic E-state index is 11.5. The van der Waals surface area contributed by atoms with Gasteiger partial charge in [0.1, 0.15) is 6.04 Å². The maximum absolute atomic E-state index is 11.5. The highest BCUT2D eigenvalue weighted by molar-refractivity contribution is 5.85. The standard InChI is InChI=1S/C15H24N2O4.ClH/c16-13(14(18)19)3-1-2-6-17-15(20)21-9-12-8-10-4-5-11(12)7-10;/h4-5,10-13H,1-3,6-9,16H2,(H,17,20)(H,18,19);1H/t10?,11?,12?,13-;/m0./s1. The number of ether oxygens (including phenoxy) is 1. The van der Waals surface area contributed by atoms with E-state index in [-0.39, 0.29) is 18.5 Å². The molecule has 7 heteroatoms. The number of alkyl carbamates (subject to hydrolysis) is 1. The minimum atomic E-state index is -0.984. The highest BCUT2D eigenvalue weighted by Crippen LogP contribution is 2.43. The monoisotopic (exact) mass is 332 g/mol. The summed E-state index contributed by atoms with van der Waals surface area (Å²) in [6, 6.07) is -0.817. The first kappa shape index (κ1) is 18.8. The molecule has 4 atom stereocenters. The summed E-state index contributed by atoms with van der Waals surface area (Å²) in [4.78, 5) is 22.1. The van der Waals surface area contributed by atoms with E-state index < -0.39 is 12.0 Å². The fourth-order valence-electron chi connectivity index (χ4n) is 3.12. The van der Waals surface area contributed by atoms with Gasteiger partial charge in [0.05, 0.1) is 6.61 Å². The molecule has 0 aliphatic heterocycles. The van der Waals surface area contributed by atoms with E-state index in [4.69, 9.17) is 15.6 Å². The molecule has 2 bridgehead atoms. The van der Waals surface area contributed by atoms with Crippen LogP contribution in [0.25, 0.3) is 0 Å². The minimum absolute atomic E-state index is 0. The molecule has 3 unspecified atom stereocenters. The number of carbonyl (C=O) groups is 2. The van der Waals surface area contributed by atoms with Crippen LogP contribution in [0.15, 0.2) is 12.2 Å². The molecule has 0 aromatic heterocycles. The van der Waals surface area contributed by atoms with Crippen LogP contribution in [0, 0.1) is 17.8 Å². The molecule has 22 heavy (non-hydrogen) atoms. The number of amides is 1. The van der Waals surface area contributed by atoms with E-state index in [0.717, 1.165) is 6.42 Å². The Hall–Kier alpha value is -1.27. The molecule has 0 radical (unpaired) electrons. The van der Waals surface area contributed by atoms with E-state index in [1.165, 1.54) is 6.42 Å². The fourth-order valence-corrected chi connectivity index (χ4v) is 3.12. The molecule has 4 N–H and O–H groups in total. The number of carboxylic acids is 1. The van der Waals surface area contributed by atoms with Crippen molar-refractivity contribution in [1.29, 1.82) is 0 Å². The van der Waals surface area contributed by atoms with Crippen LogP contribution in [0.5, 0.6) is 0 Å². The normalized spacial score (nSPS) is 26.3. The highest BCUT2D eigenvalue weighted by atomic mass is 35.5. The van der Waals surface area contributed by atoms with E-state index >= 15 is 0 Å². The quantitative estimate of drug-likeness (QED) is 0.465. The van der Waals surface area contributed by atoms with Crippen LogP contribution >= 0.6 is 12.4 Å². The van der Waals surface area contributed by atoms with Gasteiger partial charge >= 0.3 is 12.1 Å². The number of unbranched alkanes of at least 4 members (excludes halogenated alkanes) is 1. The summed E-state index contributed by atoms with van der Waals surface area (Å²) >= 11 is 0. The molecule has 1 fully saturated rings. The van der Waals surface area contributed by atoms with Crippen molar-refractivity contribution in [2.24, 2.45) is 23.5 Å². The molecular weight excluding hydrogens is 308 g/mol. The van der Waals surface area contributed by atoms with Crippen LogP contribution in [-0.4, -0.2) is 36.4 Å². The van der Waals surface area contributed by atoms with Gasteiger partial charge in [0.25, 0.3) is 0 Å². The molecule has 0 aromatic rings. The Morgan fingerprint density at radius 1 is 1.32 bits per heavy atom. The predicted molar refractivity (Wildman–Crippen MR) is 84.9 cm³/mol. The van der Waals surface area contributed by atoms with Gasteiger partial charge in [0.2, 0.25) is 0 Å². The van der Waals surface area contributed by atoms with Crippen LogP contribution in [-0.2, 0) is 9.53 Å². The summed E-state index contributed by atoms with van der Waals surface area (Å²) in [5, 5.41) is 11.3. The fraction of sp³-hybridized carbons (Fsp3) is 0.733. The average molecular weight is 333 g/mol. The topological polar surface area (TPSA) is 102 Å². The molecule has 1 saturated carbocycles. The minimum Gasteiger partial charge on any atom is -0.480 e. The first-order valence-electron chi connectivity index (χ1n) is 7.63. The first-order chi connectivity index (χ1) is 10.1. The number of hydrogen-bond acceptors (Lipinski definition) is 4. The Bertz CT molecular complexity index is 416. The van der Waals surface area contributed by atoms with Gasteiger partial charge in [-0.25, -0.2) is 4.79 Å². The summed E-state index contributed by atoms with van der Waals surface area (Å²) < 4.78 is 5.24. The van der Waals surface area contributed by atoms with Gasteiger partial charge in [0.15, 0.2) is 0 Å². The van der Waals surface area contributed by atoms with E-state index in [9.17, 15) is 9.59 Å². The number of carbonyl (C=O) groups excluding carboxylic acids is 1. The number of fused-ring (bicyclic) bond motifs is 2. The predicted octanol–water partition coefficient (Wildman–Crippen LogP) is 1.93. The van der Waals surface area contributed by atoms with Gasteiger partial charge in [-0.15, -0.1) is 12.4 Å². The van der Waals surface area contributed by atoms with Gasteiger partial charge < -0.3 is 20.9 Å². The van der Waals surface area contributed by atoms with E-state index in [1.807, 2.05) is 0 Å². The molecule has 0 spiro atoms. The van der Waals surface area contributed by atoms with Crippen molar-refractivity contribution < 1.29 is 19.4 Å². The molecule has 0 heterocycles. The molecule has 0 saturated heterocycles. The first-order valence-corrected chi connectivity index (χ1v) is 7.63. The number of halogens is 1. The van der Waals surface area contributed by atoms with Crippen molar-refractivity contribution in [3.63, 3.8) is 0 Å². The van der Waals surface area contributed by atoms with Gasteiger partial charge in [-0.05, 0) is 43.9 Å². The number of rotatable bonds is 8. The molecule has 2 aliphatic rings. The van der Waals surface area contributed by atoms with Crippen molar-refractivity contribution >= 4 is 24.5 Å². The van der Waals surface area contributed by atoms with Crippen molar-refractivity contribution in [2.45, 2.75) is 38.1 Å². The second kappa shape index (κ2) is 9.00. The number of allylic oxidation sites excluding steroid dienone is 2. The van der Waals surface area contributed by atoms with Gasteiger partial charge in [0, 0.05) is 12.5 Å². The molecule has 2 aliphatic carbocycles. The Morgan fingerprint density at radius 2 is 2.09 bits per heavy atom. The SMILES string of the molecule is Cl.N[C@@H](CCCCNC(=O)OCC1CC2C=CC1C2)C(=O)O. The molecule has 2 rings (SSSR count). The van der Waals surface area contributed by atoms with Crippen LogP contribution in [0.2, 0.25) is 0 Å². The lowest BCUT2D eigenvalue weighted by Gasteiger charge is -2.17. The molecule has 0 aromatic carbocycles. The largest absolute Gasteiger partial charge is 0.480 e. The van der Waals surface area contributed by atoms with Crippen LogP contribution in [0.1, 0.15) is 32.1 Å². The summed E-state index contributed by atoms with van der Waals surface area (Å²) in [7, 11) is 0. The summed E-state index contributed by atoms with van der Waals surface area (Å²) in [6.07, 6.45) is 8.25. The Balaban J connectivity index is 0.00000242. The molecular formula is C15H25ClN2O4. The van der Waals surface area contributed by atoms with Crippen LogP contribution in [0.3, 0.4) is 0 Å². The van der Waals surface area contributed by atoms with E-state index in [2.05, 4.69) is 17.5 Å². The maximum Gasteiger partial charge on any atom is 0.407 e. The van der Waals surface area contributed by atoms with Crippen molar-refractivity contribution in [1.82, 2.24) is 5.32 Å². The molecule has 1 amide bonds. The summed E-state index contributed by atoms with van der Waals surface area (Å²) in [6.45, 7) is 0.975. The zero-order valence-electron chi connectivity index (χ0n) is 12.6. The second-order valence-corrected chi connectivity index (χ2v) is 6.01. The summed E-state index contributed by atoms with van der Waals surface area (Å²) in [5.41, 5.74) is 5.39. The lowest BCUT2D eigenvalue weighted by atomic mass is 9.95. The Labute approximate surface area is 136 Å². The zero-order valence-corrected chi connectivity index (χ0v) is 13.4. The number of nitrogens with two attached hydrogens (primary N) is 1. The van der Waals surface area contributed by atoms with Gasteiger partial charge in [-0.2, -0.15) is 0 Å². The number of hydrogen-bond donors (Lipinski definition) is 3. The summed E-state index contributed by atoms with van der Waals surface area (Å²) in [5.74, 6) is 0.756. The molecule has 126 valence electrons. The molecule has 6 nitrogen and oxygen atoms in total. The van der Waals surface area contributed by atoms with Crippen LogP contribution in [0.4, 0.5) is 4.79 Å². The third-order valence-corrected chi connectivity index (χ3v) is 4.37. The second-order valence-electron chi connectivity index (χ2n) is 6.01. The number of aliphatic carboxylic acids is 1. The zero-order chi connectivity index (χ0) is 15.2. The lowest BCUT2D eigenvalue weighted by Crippen LogP contribution is -2.31. The van der Waals surface area contributed by atoms with Crippen molar-refractivity contribution in [3.8, 4) is 0 Å². The van der Waals surface area contributed by atoms with Crippen molar-refractivity contribution in [3.05, 3.63) is 12.2 Å². The lowest BCUT2D eigenvalue weighted by molar-refractivity contribution is -0.138. The smallest absolute Gasteiger partial charge is 0.407 e. The van der Waals surface area contributed by atoms with Gasteiger partial charge in [-0.3, -0.25) is 4.79 Å². The highest BCUT2D eigenvalue weighted by Gasteiger charge is 2.36. The average Bonchev–Trinajstić information content (AvgIpc) is 3.06. The van der Waals surface area contributed by atoms with E-state index in [0.29, 0.717) is 50.2 Å². The van der Waals surface area contributed by atoms with Gasteiger partial charge in [-0.1, -0.05) is 12.2 Å². The Kier molecular flexibility index (Phi) is 7.68. The van der Waals surface area contributed by atoms with Crippen LogP contribution < -0.4 is 11.1 Å². The number of carboxylic acid groups (broad SMARTS) is 1. The third-order valence-electron chi connectivity index (χ3n) is 4.37.